The Kier molecular flexibility index (Phi) is 2.29. The van der Waals surface area contributed by atoms with Crippen LogP contribution in [0.25, 0.3) is 0 Å². The minimum Gasteiger partial charge on any atom is -0.226 e. The molecule has 1 aromatic heterocycles. The first kappa shape index (κ1) is 9.62. The molecule has 0 radical (unpaired) electrons. The molecule has 1 heterocycles. The Morgan fingerprint density at radius 2 is 1.86 bits per heavy atom. The van der Waals surface area contributed by atoms with Gasteiger partial charge in [-0.1, -0.05) is 33.6 Å². The van der Waals surface area contributed by atoms with Crippen LogP contribution in [0.3, 0.4) is 0 Å². The second-order valence-corrected chi connectivity index (χ2v) is 5.14. The Balaban J connectivity index is 2.29. The summed E-state index contributed by atoms with van der Waals surface area (Å²) in [6.45, 7) is 6.47. The molecule has 0 atom stereocenters. The van der Waals surface area contributed by atoms with E-state index in [9.17, 15) is 0 Å². The molecule has 0 unspecified atom stereocenters. The molecule has 0 bridgehead atoms. The van der Waals surface area contributed by atoms with Gasteiger partial charge >= 0.3 is 0 Å². The Labute approximate surface area is 84.7 Å². The summed E-state index contributed by atoms with van der Waals surface area (Å²) in [6, 6.07) is 0.541. The number of rotatable bonds is 1. The van der Waals surface area contributed by atoms with Gasteiger partial charge in [-0.2, -0.15) is 0 Å². The van der Waals surface area contributed by atoms with Crippen molar-refractivity contribution >= 4 is 0 Å². The van der Waals surface area contributed by atoms with Crippen molar-refractivity contribution < 1.29 is 0 Å². The van der Waals surface area contributed by atoms with Crippen LogP contribution in [0.5, 0.6) is 0 Å². The van der Waals surface area contributed by atoms with Crippen LogP contribution in [-0.2, 0) is 5.41 Å². The van der Waals surface area contributed by atoms with Crippen LogP contribution in [0.4, 0.5) is 0 Å². The largest absolute Gasteiger partial charge is 0.226 e. The molecule has 0 saturated heterocycles. The van der Waals surface area contributed by atoms with E-state index in [1.165, 1.54) is 25.7 Å². The van der Waals surface area contributed by atoms with Crippen molar-refractivity contribution in [2.24, 2.45) is 0 Å². The van der Waals surface area contributed by atoms with Gasteiger partial charge in [0.2, 0.25) is 0 Å². The lowest BCUT2D eigenvalue weighted by Gasteiger charge is -2.20. The van der Waals surface area contributed by atoms with Gasteiger partial charge in [0.05, 0.1) is 6.04 Å². The maximum Gasteiger partial charge on any atom is 0.156 e. The van der Waals surface area contributed by atoms with Crippen molar-refractivity contribution in [3.8, 4) is 0 Å². The maximum atomic E-state index is 4.13. The van der Waals surface area contributed by atoms with Gasteiger partial charge in [-0.25, -0.2) is 4.68 Å². The summed E-state index contributed by atoms with van der Waals surface area (Å²) < 4.78 is 2.03. The van der Waals surface area contributed by atoms with E-state index in [4.69, 9.17) is 0 Å². The van der Waals surface area contributed by atoms with Gasteiger partial charge < -0.3 is 0 Å². The number of nitrogens with zero attached hydrogens (tertiary/aromatic N) is 4. The summed E-state index contributed by atoms with van der Waals surface area (Å²) in [6.07, 6.45) is 5.09. The van der Waals surface area contributed by atoms with Crippen molar-refractivity contribution in [2.75, 3.05) is 0 Å². The average molecular weight is 194 g/mol. The quantitative estimate of drug-likeness (QED) is 0.687. The fraction of sp³-hybridized carbons (Fsp3) is 0.900. The van der Waals surface area contributed by atoms with Crippen LogP contribution < -0.4 is 0 Å². The summed E-state index contributed by atoms with van der Waals surface area (Å²) in [5, 5.41) is 12.1. The molecule has 2 rings (SSSR count). The Bertz CT molecular complexity index is 304. The first-order valence-corrected chi connectivity index (χ1v) is 5.37. The van der Waals surface area contributed by atoms with Gasteiger partial charge in [-0.05, 0) is 23.3 Å². The number of tetrazole rings is 1. The van der Waals surface area contributed by atoms with Gasteiger partial charge in [0.15, 0.2) is 5.82 Å². The molecular weight excluding hydrogens is 176 g/mol. The van der Waals surface area contributed by atoms with E-state index in [1.54, 1.807) is 0 Å². The van der Waals surface area contributed by atoms with Crippen LogP contribution >= 0.6 is 0 Å². The van der Waals surface area contributed by atoms with E-state index >= 15 is 0 Å². The van der Waals surface area contributed by atoms with Gasteiger partial charge in [-0.15, -0.1) is 5.10 Å². The van der Waals surface area contributed by atoms with E-state index in [1.807, 2.05) is 4.68 Å². The highest BCUT2D eigenvalue weighted by atomic mass is 15.6. The normalized spacial score (nSPS) is 19.1. The second kappa shape index (κ2) is 3.33. The fourth-order valence-electron chi connectivity index (χ4n) is 2.08. The highest BCUT2D eigenvalue weighted by molar-refractivity contribution is 5.00. The molecule has 0 aromatic carbocycles. The first-order chi connectivity index (χ1) is 6.59. The molecule has 0 spiro atoms. The van der Waals surface area contributed by atoms with Gasteiger partial charge in [0.1, 0.15) is 0 Å². The van der Waals surface area contributed by atoms with Gasteiger partial charge in [0, 0.05) is 5.41 Å². The van der Waals surface area contributed by atoms with Crippen molar-refractivity contribution in [2.45, 2.75) is 57.9 Å². The first-order valence-electron chi connectivity index (χ1n) is 5.37. The summed E-state index contributed by atoms with van der Waals surface area (Å²) in [4.78, 5) is 0. The molecule has 1 aromatic rings. The third-order valence-corrected chi connectivity index (χ3v) is 2.83. The van der Waals surface area contributed by atoms with E-state index in [-0.39, 0.29) is 5.41 Å². The van der Waals surface area contributed by atoms with E-state index in [0.29, 0.717) is 6.04 Å². The standard InChI is InChI=1S/C10H18N4/c1-10(2,3)9-11-12-13-14(9)8-6-4-5-7-8/h8H,4-7H2,1-3H3. The summed E-state index contributed by atoms with van der Waals surface area (Å²) in [7, 11) is 0. The van der Waals surface area contributed by atoms with Crippen molar-refractivity contribution in [3.05, 3.63) is 5.82 Å². The van der Waals surface area contributed by atoms with Crippen molar-refractivity contribution in [1.82, 2.24) is 20.2 Å². The fourth-order valence-corrected chi connectivity index (χ4v) is 2.08. The number of hydrogen-bond donors (Lipinski definition) is 0. The number of aromatic nitrogens is 4. The van der Waals surface area contributed by atoms with E-state index < -0.39 is 0 Å². The van der Waals surface area contributed by atoms with Crippen LogP contribution in [0.15, 0.2) is 0 Å². The lowest BCUT2D eigenvalue weighted by Crippen LogP contribution is -2.22. The molecule has 14 heavy (non-hydrogen) atoms. The summed E-state index contributed by atoms with van der Waals surface area (Å²) in [5.41, 5.74) is 0.0477. The molecule has 1 saturated carbocycles. The Morgan fingerprint density at radius 1 is 1.21 bits per heavy atom. The molecule has 0 amide bonds. The third kappa shape index (κ3) is 1.65. The van der Waals surface area contributed by atoms with Crippen molar-refractivity contribution in [1.29, 1.82) is 0 Å². The van der Waals surface area contributed by atoms with Crippen LogP contribution in [0, 0.1) is 0 Å². The highest BCUT2D eigenvalue weighted by Crippen LogP contribution is 2.31. The zero-order valence-electron chi connectivity index (χ0n) is 9.19. The monoisotopic (exact) mass is 194 g/mol. The van der Waals surface area contributed by atoms with E-state index in [0.717, 1.165) is 5.82 Å². The highest BCUT2D eigenvalue weighted by Gasteiger charge is 2.27. The number of hydrogen-bond acceptors (Lipinski definition) is 3. The average Bonchev–Trinajstić information content (AvgIpc) is 2.73. The van der Waals surface area contributed by atoms with Crippen LogP contribution in [-0.4, -0.2) is 20.2 Å². The lowest BCUT2D eigenvalue weighted by atomic mass is 9.95. The Hall–Kier alpha value is -0.930. The predicted octanol–water partition coefficient (Wildman–Crippen LogP) is 2.09. The predicted molar refractivity (Wildman–Crippen MR) is 54.0 cm³/mol. The van der Waals surface area contributed by atoms with E-state index in [2.05, 4.69) is 36.3 Å². The summed E-state index contributed by atoms with van der Waals surface area (Å²) in [5.74, 6) is 1.02. The maximum absolute atomic E-state index is 4.13. The van der Waals surface area contributed by atoms with Crippen LogP contribution in [0.2, 0.25) is 0 Å². The molecule has 0 aliphatic heterocycles. The molecule has 4 nitrogen and oxygen atoms in total. The SMILES string of the molecule is CC(C)(C)c1nnnn1C1CCCC1. The molecule has 1 aliphatic rings. The molecule has 78 valence electrons. The minimum atomic E-state index is 0.0477. The zero-order valence-corrected chi connectivity index (χ0v) is 9.19. The molecule has 1 aliphatic carbocycles. The van der Waals surface area contributed by atoms with Crippen LogP contribution in [0.1, 0.15) is 58.3 Å². The van der Waals surface area contributed by atoms with Gasteiger partial charge in [0.25, 0.3) is 0 Å². The molecule has 1 fully saturated rings. The molecule has 4 heteroatoms. The zero-order chi connectivity index (χ0) is 10.2. The lowest BCUT2D eigenvalue weighted by molar-refractivity contribution is 0.398. The Morgan fingerprint density at radius 3 is 2.43 bits per heavy atom. The third-order valence-electron chi connectivity index (χ3n) is 2.83. The smallest absolute Gasteiger partial charge is 0.156 e. The van der Waals surface area contributed by atoms with Crippen molar-refractivity contribution in [3.63, 3.8) is 0 Å². The van der Waals surface area contributed by atoms with Gasteiger partial charge in [-0.3, -0.25) is 0 Å². The topological polar surface area (TPSA) is 43.6 Å². The minimum absolute atomic E-state index is 0.0477. The second-order valence-electron chi connectivity index (χ2n) is 5.14. The molecule has 0 N–H and O–H groups in total. The summed E-state index contributed by atoms with van der Waals surface area (Å²) >= 11 is 0. The molecular formula is C10H18N4.